The molecule has 1 spiro atoms. The van der Waals surface area contributed by atoms with Crippen LogP contribution in [0.1, 0.15) is 38.2 Å². The average Bonchev–Trinajstić information content (AvgIpc) is 3.26. The first-order valence-corrected chi connectivity index (χ1v) is 15.5. The third kappa shape index (κ3) is 5.09. The molecule has 0 aliphatic carbocycles. The molecule has 226 valence electrons. The van der Waals surface area contributed by atoms with Crippen LogP contribution in [-0.4, -0.2) is 76.1 Å². The number of fused-ring (bicyclic) bond motifs is 2. The number of anilines is 1. The first-order chi connectivity index (χ1) is 20.8. The number of halogens is 1. The minimum Gasteiger partial charge on any atom is -0.396 e. The second kappa shape index (κ2) is 11.9. The molecule has 2 aromatic carbocycles. The minimum atomic E-state index is -1.32. The van der Waals surface area contributed by atoms with Crippen LogP contribution in [0.25, 0.3) is 0 Å². The summed E-state index contributed by atoms with van der Waals surface area (Å²) in [5.41, 5.74) is -0.817. The Bertz CT molecular complexity index is 1450. The van der Waals surface area contributed by atoms with Gasteiger partial charge in [0.25, 0.3) is 5.91 Å². The standard InChI is InChI=1S/C34H38ClN3O5/c1-33-17-11-19-36(23-24-13-5-4-6-14-24)30(40)27(33)28-31(41)38(20-9-2-3-10-22-39)29-32(42)37(21-12-18-34(28,29)43-33)26-16-8-7-15-25(26)35/h4-8,11-18,27-29,39H,2-3,9-10,19-23H2,1H3/t27-,28+,29?,33+,34+/m1/s1. The monoisotopic (exact) mass is 603 g/mol. The van der Waals surface area contributed by atoms with E-state index in [-0.39, 0.29) is 30.9 Å². The number of hydrogen-bond acceptors (Lipinski definition) is 5. The van der Waals surface area contributed by atoms with E-state index >= 15 is 0 Å². The van der Waals surface area contributed by atoms with Gasteiger partial charge in [0.1, 0.15) is 11.6 Å². The van der Waals surface area contributed by atoms with Crippen molar-refractivity contribution in [3.05, 3.63) is 89.5 Å². The van der Waals surface area contributed by atoms with Crippen LogP contribution in [0.3, 0.4) is 0 Å². The molecule has 0 saturated carbocycles. The SMILES string of the molecule is C[C@]12C=CCN(Cc3ccccc3)C(=O)[C@H]1[C@H]1C(=O)N(CCCCCCO)C3C(=O)N(c4ccccc4Cl)CC=C[C@@]31O2. The molecule has 43 heavy (non-hydrogen) atoms. The summed E-state index contributed by atoms with van der Waals surface area (Å²) < 4.78 is 6.93. The summed E-state index contributed by atoms with van der Waals surface area (Å²) in [5, 5.41) is 9.65. The highest BCUT2D eigenvalue weighted by atomic mass is 35.5. The van der Waals surface area contributed by atoms with Crippen LogP contribution in [0.15, 0.2) is 78.9 Å². The Balaban J connectivity index is 1.40. The normalized spacial score (nSPS) is 29.9. The van der Waals surface area contributed by atoms with E-state index in [1.807, 2.05) is 73.7 Å². The molecule has 1 unspecified atom stereocenters. The van der Waals surface area contributed by atoms with Crippen LogP contribution < -0.4 is 4.90 Å². The Kier molecular flexibility index (Phi) is 8.20. The van der Waals surface area contributed by atoms with Crippen molar-refractivity contribution >= 4 is 35.0 Å². The summed E-state index contributed by atoms with van der Waals surface area (Å²) in [6, 6.07) is 16.0. The van der Waals surface area contributed by atoms with Gasteiger partial charge in [-0.2, -0.15) is 0 Å². The van der Waals surface area contributed by atoms with Gasteiger partial charge in [-0.1, -0.05) is 91.2 Å². The molecule has 4 aliphatic rings. The Morgan fingerprint density at radius 2 is 1.58 bits per heavy atom. The molecular formula is C34H38ClN3O5. The van der Waals surface area contributed by atoms with E-state index in [0.29, 0.717) is 43.2 Å². The molecule has 0 aromatic heterocycles. The molecule has 2 aromatic rings. The molecule has 0 radical (unpaired) electrons. The van der Waals surface area contributed by atoms with Gasteiger partial charge in [-0.3, -0.25) is 14.4 Å². The fourth-order valence-electron chi connectivity index (χ4n) is 7.39. The summed E-state index contributed by atoms with van der Waals surface area (Å²) in [6.07, 6.45) is 10.6. The van der Waals surface area contributed by atoms with Crippen molar-refractivity contribution in [1.82, 2.24) is 9.80 Å². The predicted octanol–water partition coefficient (Wildman–Crippen LogP) is 4.37. The lowest BCUT2D eigenvalue weighted by molar-refractivity contribution is -0.148. The maximum Gasteiger partial charge on any atom is 0.253 e. The van der Waals surface area contributed by atoms with Crippen molar-refractivity contribution in [1.29, 1.82) is 0 Å². The van der Waals surface area contributed by atoms with Crippen LogP contribution in [0, 0.1) is 11.8 Å². The van der Waals surface area contributed by atoms with Crippen LogP contribution in [-0.2, 0) is 25.7 Å². The van der Waals surface area contributed by atoms with Gasteiger partial charge in [0.15, 0.2) is 0 Å². The molecule has 0 bridgehead atoms. The number of carbonyl (C=O) groups excluding carboxylic acids is 3. The van der Waals surface area contributed by atoms with Gasteiger partial charge >= 0.3 is 0 Å². The molecular weight excluding hydrogens is 566 g/mol. The summed E-state index contributed by atoms with van der Waals surface area (Å²) in [6.45, 7) is 3.43. The summed E-state index contributed by atoms with van der Waals surface area (Å²) in [7, 11) is 0. The number of amides is 3. The molecule has 1 N–H and O–H groups in total. The summed E-state index contributed by atoms with van der Waals surface area (Å²) in [5.74, 6) is -2.32. The first-order valence-electron chi connectivity index (χ1n) is 15.2. The van der Waals surface area contributed by atoms with Crippen LogP contribution >= 0.6 is 11.6 Å². The zero-order valence-electron chi connectivity index (χ0n) is 24.4. The van der Waals surface area contributed by atoms with Crippen LogP contribution in [0.5, 0.6) is 0 Å². The van der Waals surface area contributed by atoms with Crippen molar-refractivity contribution in [2.75, 3.05) is 31.1 Å². The van der Waals surface area contributed by atoms with E-state index in [9.17, 15) is 19.5 Å². The van der Waals surface area contributed by atoms with Crippen LogP contribution in [0.2, 0.25) is 5.02 Å². The van der Waals surface area contributed by atoms with Crippen molar-refractivity contribution in [2.45, 2.75) is 56.4 Å². The van der Waals surface area contributed by atoms with Gasteiger partial charge in [-0.15, -0.1) is 0 Å². The molecule has 9 heteroatoms. The molecule has 4 aliphatic heterocycles. The van der Waals surface area contributed by atoms with Gasteiger partial charge in [-0.25, -0.2) is 0 Å². The Labute approximate surface area is 257 Å². The maximum atomic E-state index is 14.6. The first kappa shape index (κ1) is 29.6. The largest absolute Gasteiger partial charge is 0.396 e. The number of hydrogen-bond donors (Lipinski definition) is 1. The number of rotatable bonds is 9. The average molecular weight is 604 g/mol. The van der Waals surface area contributed by atoms with E-state index in [1.54, 1.807) is 26.8 Å². The van der Waals surface area contributed by atoms with E-state index in [0.717, 1.165) is 18.4 Å². The maximum absolute atomic E-state index is 14.6. The fraction of sp³-hybridized carbons (Fsp3) is 0.441. The third-order valence-corrected chi connectivity index (χ3v) is 9.63. The van der Waals surface area contributed by atoms with E-state index in [4.69, 9.17) is 16.3 Å². The van der Waals surface area contributed by atoms with Crippen molar-refractivity contribution in [2.24, 2.45) is 11.8 Å². The Morgan fingerprint density at radius 3 is 2.35 bits per heavy atom. The van der Waals surface area contributed by atoms with Crippen molar-refractivity contribution in [3.63, 3.8) is 0 Å². The summed E-state index contributed by atoms with van der Waals surface area (Å²) >= 11 is 6.56. The smallest absolute Gasteiger partial charge is 0.253 e. The molecule has 4 heterocycles. The molecule has 2 saturated heterocycles. The number of carbonyl (C=O) groups is 3. The van der Waals surface area contributed by atoms with E-state index in [2.05, 4.69) is 0 Å². The number of likely N-dealkylation sites (tertiary alicyclic amines) is 1. The Morgan fingerprint density at radius 1 is 0.860 bits per heavy atom. The molecule has 6 rings (SSSR count). The second-order valence-electron chi connectivity index (χ2n) is 12.1. The van der Waals surface area contributed by atoms with Crippen molar-refractivity contribution in [3.8, 4) is 0 Å². The van der Waals surface area contributed by atoms with Gasteiger partial charge in [0.2, 0.25) is 11.8 Å². The minimum absolute atomic E-state index is 0.121. The zero-order chi connectivity index (χ0) is 30.2. The van der Waals surface area contributed by atoms with E-state index < -0.39 is 29.1 Å². The van der Waals surface area contributed by atoms with Gasteiger partial charge in [0, 0.05) is 32.8 Å². The summed E-state index contributed by atoms with van der Waals surface area (Å²) in [4.78, 5) is 48.6. The lowest BCUT2D eigenvalue weighted by atomic mass is 9.74. The molecule has 5 atom stereocenters. The zero-order valence-corrected chi connectivity index (χ0v) is 25.2. The number of aliphatic hydroxyl groups is 1. The number of aliphatic hydroxyl groups excluding tert-OH is 1. The van der Waals surface area contributed by atoms with Crippen LogP contribution in [0.4, 0.5) is 5.69 Å². The lowest BCUT2D eigenvalue weighted by Gasteiger charge is -2.37. The van der Waals surface area contributed by atoms with E-state index in [1.165, 1.54) is 0 Å². The highest BCUT2D eigenvalue weighted by molar-refractivity contribution is 6.34. The highest BCUT2D eigenvalue weighted by Gasteiger charge is 2.74. The number of benzene rings is 2. The molecule has 2 fully saturated rings. The fourth-order valence-corrected chi connectivity index (χ4v) is 7.63. The lowest BCUT2D eigenvalue weighted by Crippen LogP contribution is -2.56. The number of para-hydroxylation sites is 1. The third-order valence-electron chi connectivity index (χ3n) is 9.31. The van der Waals surface area contributed by atoms with Gasteiger partial charge in [0.05, 0.1) is 28.1 Å². The van der Waals surface area contributed by atoms with Gasteiger partial charge in [-0.05, 0) is 37.5 Å². The Hall–Kier alpha value is -3.46. The second-order valence-corrected chi connectivity index (χ2v) is 12.5. The highest BCUT2D eigenvalue weighted by Crippen LogP contribution is 2.57. The number of unbranched alkanes of at least 4 members (excludes halogenated alkanes) is 3. The molecule has 3 amide bonds. The molecule has 8 nitrogen and oxygen atoms in total. The number of nitrogens with zero attached hydrogens (tertiary/aromatic N) is 3. The van der Waals surface area contributed by atoms with Crippen molar-refractivity contribution < 1.29 is 24.2 Å². The topological polar surface area (TPSA) is 90.4 Å². The quantitative estimate of drug-likeness (QED) is 0.340. The number of ether oxygens (including phenoxy) is 1. The predicted molar refractivity (Wildman–Crippen MR) is 164 cm³/mol. The van der Waals surface area contributed by atoms with Gasteiger partial charge < -0.3 is 24.5 Å².